The number of hydrogen-bond donors (Lipinski definition) is 0. The van der Waals surface area contributed by atoms with Gasteiger partial charge in [-0.1, -0.05) is 25.1 Å². The Bertz CT molecular complexity index is 397. The Balaban J connectivity index is 1.40. The topological polar surface area (TPSA) is 12.5 Å². The van der Waals surface area contributed by atoms with Gasteiger partial charge in [-0.2, -0.15) is 0 Å². The van der Waals surface area contributed by atoms with Crippen molar-refractivity contribution < 1.29 is 4.74 Å². The average Bonchev–Trinajstić information content (AvgIpc) is 2.47. The molecule has 2 aliphatic rings. The van der Waals surface area contributed by atoms with Gasteiger partial charge in [0.2, 0.25) is 0 Å². The predicted molar refractivity (Wildman–Crippen MR) is 83.0 cm³/mol. The molecule has 0 bridgehead atoms. The van der Waals surface area contributed by atoms with E-state index in [4.69, 9.17) is 4.74 Å². The van der Waals surface area contributed by atoms with Crippen molar-refractivity contribution in [2.24, 2.45) is 17.8 Å². The van der Waals surface area contributed by atoms with Gasteiger partial charge in [0.1, 0.15) is 5.75 Å². The van der Waals surface area contributed by atoms with Crippen molar-refractivity contribution in [2.45, 2.75) is 32.6 Å². The highest BCUT2D eigenvalue weighted by molar-refractivity contribution is 5.20. The Labute approximate surface area is 123 Å². The molecule has 20 heavy (non-hydrogen) atoms. The van der Waals surface area contributed by atoms with Crippen LogP contribution in [0.1, 0.15) is 32.6 Å². The summed E-state index contributed by atoms with van der Waals surface area (Å²) in [5.74, 6) is 3.59. The van der Waals surface area contributed by atoms with E-state index < -0.39 is 0 Å². The lowest BCUT2D eigenvalue weighted by molar-refractivity contribution is 0.0565. The van der Waals surface area contributed by atoms with Crippen molar-refractivity contribution in [3.05, 3.63) is 30.3 Å². The van der Waals surface area contributed by atoms with E-state index in [0.29, 0.717) is 0 Å². The van der Waals surface area contributed by atoms with E-state index in [9.17, 15) is 0 Å². The second-order valence-corrected chi connectivity index (χ2v) is 6.70. The Morgan fingerprint density at radius 2 is 1.70 bits per heavy atom. The lowest BCUT2D eigenvalue weighted by Gasteiger charge is -2.41. The minimum atomic E-state index is 0.773. The average molecular weight is 273 g/mol. The molecule has 1 aromatic rings. The quantitative estimate of drug-likeness (QED) is 0.808. The normalized spacial score (nSPS) is 28.1. The fourth-order valence-corrected chi connectivity index (χ4v) is 3.39. The maximum absolute atomic E-state index is 5.93. The van der Waals surface area contributed by atoms with Crippen LogP contribution in [-0.2, 0) is 0 Å². The van der Waals surface area contributed by atoms with Crippen LogP contribution in [-0.4, -0.2) is 31.1 Å². The van der Waals surface area contributed by atoms with E-state index in [2.05, 4.69) is 24.0 Å². The predicted octanol–water partition coefficient (Wildman–Crippen LogP) is 3.82. The lowest BCUT2D eigenvalue weighted by Crippen LogP contribution is -2.43. The van der Waals surface area contributed by atoms with E-state index in [0.717, 1.165) is 30.1 Å². The molecule has 2 heteroatoms. The van der Waals surface area contributed by atoms with E-state index >= 15 is 0 Å². The molecule has 0 N–H and O–H groups in total. The van der Waals surface area contributed by atoms with Crippen molar-refractivity contribution in [2.75, 3.05) is 26.2 Å². The van der Waals surface area contributed by atoms with Crippen LogP contribution in [0.4, 0.5) is 0 Å². The first-order chi connectivity index (χ1) is 9.81. The largest absolute Gasteiger partial charge is 0.493 e. The molecule has 0 spiro atoms. The van der Waals surface area contributed by atoms with Crippen LogP contribution in [0.3, 0.4) is 0 Å². The molecule has 0 amide bonds. The minimum Gasteiger partial charge on any atom is -0.493 e. The molecule has 0 radical (unpaired) electrons. The molecule has 2 fully saturated rings. The number of piperidine rings is 1. The first-order valence-electron chi connectivity index (χ1n) is 8.21. The number of rotatable bonds is 5. The molecule has 0 aromatic heterocycles. The van der Waals surface area contributed by atoms with Crippen molar-refractivity contribution >= 4 is 0 Å². The summed E-state index contributed by atoms with van der Waals surface area (Å²) in [6.07, 6.45) is 5.52. The van der Waals surface area contributed by atoms with Crippen LogP contribution in [0.25, 0.3) is 0 Å². The molecular weight excluding hydrogens is 246 g/mol. The first kappa shape index (κ1) is 13.9. The molecule has 1 heterocycles. The van der Waals surface area contributed by atoms with Gasteiger partial charge < -0.3 is 9.64 Å². The van der Waals surface area contributed by atoms with Crippen LogP contribution in [0.2, 0.25) is 0 Å². The lowest BCUT2D eigenvalue weighted by atomic mass is 9.73. The Hall–Kier alpha value is -1.02. The number of nitrogens with zero attached hydrogens (tertiary/aromatic N) is 1. The van der Waals surface area contributed by atoms with Crippen molar-refractivity contribution in [1.29, 1.82) is 0 Å². The first-order valence-corrected chi connectivity index (χ1v) is 8.21. The highest BCUT2D eigenvalue weighted by Crippen LogP contribution is 2.36. The number of para-hydroxylation sites is 1. The van der Waals surface area contributed by atoms with Crippen LogP contribution in [0, 0.1) is 17.8 Å². The summed E-state index contributed by atoms with van der Waals surface area (Å²) in [6, 6.07) is 10.2. The van der Waals surface area contributed by atoms with Gasteiger partial charge >= 0.3 is 0 Å². The Morgan fingerprint density at radius 1 is 1.00 bits per heavy atom. The molecule has 2 nitrogen and oxygen atoms in total. The fraction of sp³-hybridized carbons (Fsp3) is 0.667. The molecule has 110 valence electrons. The van der Waals surface area contributed by atoms with Crippen LogP contribution >= 0.6 is 0 Å². The van der Waals surface area contributed by atoms with Gasteiger partial charge in [-0.05, 0) is 68.7 Å². The standard InChI is InChI=1S/C18H27NO/c1-15-9-11-19(12-10-15)13-16-7-8-17(16)14-20-18-5-3-2-4-6-18/h2-6,15-17H,7-14H2,1H3/t16-,17?/m1/s1. The van der Waals surface area contributed by atoms with Gasteiger partial charge in [0.15, 0.2) is 0 Å². The van der Waals surface area contributed by atoms with E-state index in [1.54, 1.807) is 0 Å². The van der Waals surface area contributed by atoms with Gasteiger partial charge in [-0.25, -0.2) is 0 Å². The van der Waals surface area contributed by atoms with E-state index in [1.165, 1.54) is 45.3 Å². The number of hydrogen-bond acceptors (Lipinski definition) is 2. The second kappa shape index (κ2) is 6.62. The third kappa shape index (κ3) is 3.54. The highest BCUT2D eigenvalue weighted by Gasteiger charge is 2.33. The van der Waals surface area contributed by atoms with Crippen LogP contribution in [0.5, 0.6) is 5.75 Å². The molecule has 1 aliphatic heterocycles. The summed E-state index contributed by atoms with van der Waals surface area (Å²) in [5, 5.41) is 0. The Kier molecular flexibility index (Phi) is 4.62. The summed E-state index contributed by atoms with van der Waals surface area (Å²) in [5.41, 5.74) is 0. The third-order valence-electron chi connectivity index (χ3n) is 5.15. The van der Waals surface area contributed by atoms with Crippen molar-refractivity contribution in [1.82, 2.24) is 4.90 Å². The summed E-state index contributed by atoms with van der Waals surface area (Å²) >= 11 is 0. The molecule has 1 saturated carbocycles. The molecule has 3 rings (SSSR count). The van der Waals surface area contributed by atoms with Gasteiger partial charge in [-0.15, -0.1) is 0 Å². The van der Waals surface area contributed by atoms with Gasteiger partial charge in [0.25, 0.3) is 0 Å². The minimum absolute atomic E-state index is 0.773. The molecule has 1 aliphatic carbocycles. The monoisotopic (exact) mass is 273 g/mol. The summed E-state index contributed by atoms with van der Waals surface area (Å²) in [6.45, 7) is 7.21. The molecular formula is C18H27NO. The van der Waals surface area contributed by atoms with Gasteiger partial charge in [0, 0.05) is 6.54 Å². The fourth-order valence-electron chi connectivity index (χ4n) is 3.39. The molecule has 1 saturated heterocycles. The second-order valence-electron chi connectivity index (χ2n) is 6.70. The zero-order chi connectivity index (χ0) is 13.8. The van der Waals surface area contributed by atoms with E-state index in [-0.39, 0.29) is 0 Å². The Morgan fingerprint density at radius 3 is 2.35 bits per heavy atom. The number of likely N-dealkylation sites (tertiary alicyclic amines) is 1. The molecule has 1 unspecified atom stereocenters. The maximum Gasteiger partial charge on any atom is 0.119 e. The summed E-state index contributed by atoms with van der Waals surface area (Å²) in [7, 11) is 0. The molecule has 1 aromatic carbocycles. The molecule has 2 atom stereocenters. The number of ether oxygens (including phenoxy) is 1. The smallest absolute Gasteiger partial charge is 0.119 e. The highest BCUT2D eigenvalue weighted by atomic mass is 16.5. The van der Waals surface area contributed by atoms with Crippen LogP contribution < -0.4 is 4.74 Å². The third-order valence-corrected chi connectivity index (χ3v) is 5.15. The SMILES string of the molecule is CC1CCN(C[C@H]2CCC2COc2ccccc2)CC1. The van der Waals surface area contributed by atoms with E-state index in [1.807, 2.05) is 18.2 Å². The number of benzene rings is 1. The summed E-state index contributed by atoms with van der Waals surface area (Å²) < 4.78 is 5.93. The van der Waals surface area contributed by atoms with Crippen LogP contribution in [0.15, 0.2) is 30.3 Å². The summed E-state index contributed by atoms with van der Waals surface area (Å²) in [4.78, 5) is 2.68. The zero-order valence-electron chi connectivity index (χ0n) is 12.6. The van der Waals surface area contributed by atoms with Gasteiger partial charge in [-0.3, -0.25) is 0 Å². The maximum atomic E-state index is 5.93. The van der Waals surface area contributed by atoms with Gasteiger partial charge in [0.05, 0.1) is 6.61 Å². The zero-order valence-corrected chi connectivity index (χ0v) is 12.6. The van der Waals surface area contributed by atoms with Crippen molar-refractivity contribution in [3.63, 3.8) is 0 Å². The van der Waals surface area contributed by atoms with Crippen molar-refractivity contribution in [3.8, 4) is 5.75 Å².